The molecule has 0 N–H and O–H groups in total. The standard InChI is InChI=1S/C20H49N3Si2/c1-16(2)15-21(24(11,12)22(17(3)4)18(5)6)25(13,14)23(19(7)8)20(9)10/h16-20H,15H2,1-14H3. The highest BCUT2D eigenvalue weighted by molar-refractivity contribution is 6.88. The van der Waals surface area contributed by atoms with E-state index in [1.165, 1.54) is 6.54 Å². The van der Waals surface area contributed by atoms with Crippen LogP contribution in [-0.4, -0.2) is 60.9 Å². The summed E-state index contributed by atoms with van der Waals surface area (Å²) in [6.45, 7) is 35.3. The summed E-state index contributed by atoms with van der Waals surface area (Å²) in [4.78, 5) is 0. The van der Waals surface area contributed by atoms with Crippen LogP contribution in [-0.2, 0) is 0 Å². The van der Waals surface area contributed by atoms with Gasteiger partial charge in [0.2, 0.25) is 0 Å². The first-order valence-electron chi connectivity index (χ1n) is 10.4. The molecule has 0 amide bonds. The predicted molar refractivity (Wildman–Crippen MR) is 121 cm³/mol. The van der Waals surface area contributed by atoms with Gasteiger partial charge in [-0.3, -0.25) is 0 Å². The Bertz CT molecular complexity index is 342. The van der Waals surface area contributed by atoms with Crippen molar-refractivity contribution in [2.75, 3.05) is 6.54 Å². The molecule has 0 saturated heterocycles. The van der Waals surface area contributed by atoms with Crippen LogP contribution in [0.1, 0.15) is 69.2 Å². The number of hydrogen-bond acceptors (Lipinski definition) is 3. The van der Waals surface area contributed by atoms with Crippen molar-refractivity contribution in [3.05, 3.63) is 0 Å². The highest BCUT2D eigenvalue weighted by Crippen LogP contribution is 2.31. The zero-order valence-electron chi connectivity index (χ0n) is 19.9. The van der Waals surface area contributed by atoms with E-state index in [-0.39, 0.29) is 0 Å². The average molecular weight is 388 g/mol. The minimum Gasteiger partial charge on any atom is -0.321 e. The third-order valence-corrected chi connectivity index (χ3v) is 16.2. The second-order valence-corrected chi connectivity index (χ2v) is 18.7. The van der Waals surface area contributed by atoms with E-state index < -0.39 is 16.8 Å². The minimum atomic E-state index is -1.75. The highest BCUT2D eigenvalue weighted by Gasteiger charge is 2.50. The molecule has 0 fully saturated rings. The number of nitrogens with zero attached hydrogens (tertiary/aromatic N) is 3. The van der Waals surface area contributed by atoms with Gasteiger partial charge in [-0.2, -0.15) is 0 Å². The Balaban J connectivity index is 6.22. The molecule has 0 heterocycles. The molecular formula is C20H49N3Si2. The van der Waals surface area contributed by atoms with E-state index in [0.717, 1.165) is 0 Å². The largest absolute Gasteiger partial charge is 0.321 e. The van der Waals surface area contributed by atoms with Crippen LogP contribution >= 0.6 is 0 Å². The lowest BCUT2D eigenvalue weighted by Crippen LogP contribution is -2.77. The molecule has 0 saturated carbocycles. The van der Waals surface area contributed by atoms with E-state index in [9.17, 15) is 0 Å². The van der Waals surface area contributed by atoms with E-state index in [0.29, 0.717) is 30.1 Å². The van der Waals surface area contributed by atoms with Crippen LogP contribution in [0.4, 0.5) is 0 Å². The van der Waals surface area contributed by atoms with Crippen molar-refractivity contribution in [2.45, 2.75) is 120 Å². The van der Waals surface area contributed by atoms with Crippen LogP contribution in [0.15, 0.2) is 0 Å². The van der Waals surface area contributed by atoms with Crippen molar-refractivity contribution in [1.29, 1.82) is 0 Å². The summed E-state index contributed by atoms with van der Waals surface area (Å²) in [7, 11) is -3.51. The summed E-state index contributed by atoms with van der Waals surface area (Å²) in [5.74, 6) is 0.695. The Morgan fingerprint density at radius 3 is 0.920 bits per heavy atom. The Morgan fingerprint density at radius 1 is 0.520 bits per heavy atom. The summed E-state index contributed by atoms with van der Waals surface area (Å²) in [6.07, 6.45) is 0. The van der Waals surface area contributed by atoms with Crippen LogP contribution in [0.3, 0.4) is 0 Å². The van der Waals surface area contributed by atoms with Crippen molar-refractivity contribution in [3.8, 4) is 0 Å². The van der Waals surface area contributed by atoms with Crippen LogP contribution in [0, 0.1) is 5.92 Å². The maximum Gasteiger partial charge on any atom is 0.195 e. The monoisotopic (exact) mass is 387 g/mol. The Hall–Kier alpha value is 0.314. The van der Waals surface area contributed by atoms with Gasteiger partial charge < -0.3 is 13.4 Å². The quantitative estimate of drug-likeness (QED) is 0.453. The molecule has 0 aliphatic heterocycles. The van der Waals surface area contributed by atoms with Gasteiger partial charge in [-0.05, 0) is 62.8 Å². The highest BCUT2D eigenvalue weighted by atomic mass is 28.4. The van der Waals surface area contributed by atoms with Gasteiger partial charge in [-0.15, -0.1) is 0 Å². The van der Waals surface area contributed by atoms with Gasteiger partial charge in [0.15, 0.2) is 16.8 Å². The Kier molecular flexibility index (Phi) is 9.61. The van der Waals surface area contributed by atoms with Gasteiger partial charge in [0.1, 0.15) is 0 Å². The number of hydrogen-bond donors (Lipinski definition) is 0. The lowest BCUT2D eigenvalue weighted by Gasteiger charge is -2.58. The molecule has 0 aromatic carbocycles. The van der Waals surface area contributed by atoms with Gasteiger partial charge in [0.05, 0.1) is 0 Å². The third kappa shape index (κ3) is 6.16. The molecule has 0 aliphatic rings. The predicted octanol–water partition coefficient (Wildman–Crippen LogP) is 5.59. The molecule has 0 aromatic heterocycles. The van der Waals surface area contributed by atoms with Crippen molar-refractivity contribution >= 4 is 16.8 Å². The lowest BCUT2D eigenvalue weighted by molar-refractivity contribution is 0.239. The summed E-state index contributed by atoms with van der Waals surface area (Å²) < 4.78 is 8.69. The van der Waals surface area contributed by atoms with Crippen molar-refractivity contribution in [3.63, 3.8) is 0 Å². The number of rotatable bonds is 10. The molecule has 0 atom stereocenters. The average Bonchev–Trinajstić information content (AvgIpc) is 2.31. The molecule has 0 rings (SSSR count). The zero-order chi connectivity index (χ0) is 20.3. The first kappa shape index (κ1) is 25.3. The van der Waals surface area contributed by atoms with Crippen molar-refractivity contribution in [1.82, 2.24) is 13.4 Å². The summed E-state index contributed by atoms with van der Waals surface area (Å²) in [5.41, 5.74) is 0. The second kappa shape index (κ2) is 9.49. The van der Waals surface area contributed by atoms with E-state index in [2.05, 4.69) is 109 Å². The first-order chi connectivity index (χ1) is 11.1. The van der Waals surface area contributed by atoms with E-state index in [1.807, 2.05) is 0 Å². The fourth-order valence-corrected chi connectivity index (χ4v) is 18.8. The molecule has 0 aliphatic carbocycles. The second-order valence-electron chi connectivity index (χ2n) is 10.2. The maximum absolute atomic E-state index is 3.02. The van der Waals surface area contributed by atoms with Crippen LogP contribution in [0.2, 0.25) is 26.2 Å². The summed E-state index contributed by atoms with van der Waals surface area (Å²) in [6, 6.07) is 2.36. The zero-order valence-corrected chi connectivity index (χ0v) is 21.9. The van der Waals surface area contributed by atoms with Crippen molar-refractivity contribution < 1.29 is 0 Å². The molecule has 0 unspecified atom stereocenters. The van der Waals surface area contributed by atoms with Crippen LogP contribution in [0.25, 0.3) is 0 Å². The van der Waals surface area contributed by atoms with E-state index in [4.69, 9.17) is 0 Å². The van der Waals surface area contributed by atoms with Gasteiger partial charge in [-0.1, -0.05) is 69.2 Å². The van der Waals surface area contributed by atoms with Gasteiger partial charge in [0.25, 0.3) is 0 Å². The van der Waals surface area contributed by atoms with Gasteiger partial charge >= 0.3 is 0 Å². The topological polar surface area (TPSA) is 9.72 Å². The molecule has 25 heavy (non-hydrogen) atoms. The van der Waals surface area contributed by atoms with Crippen LogP contribution in [0.5, 0.6) is 0 Å². The Morgan fingerprint density at radius 2 is 0.760 bits per heavy atom. The fourth-order valence-electron chi connectivity index (χ4n) is 5.48. The molecule has 152 valence electrons. The molecule has 0 spiro atoms. The van der Waals surface area contributed by atoms with Crippen LogP contribution < -0.4 is 0 Å². The molecule has 5 heteroatoms. The smallest absolute Gasteiger partial charge is 0.195 e. The van der Waals surface area contributed by atoms with Crippen molar-refractivity contribution in [2.24, 2.45) is 5.92 Å². The van der Waals surface area contributed by atoms with Gasteiger partial charge in [-0.25, -0.2) is 0 Å². The first-order valence-corrected chi connectivity index (χ1v) is 16.2. The summed E-state index contributed by atoms with van der Waals surface area (Å²) >= 11 is 0. The Labute approximate surface area is 162 Å². The molecule has 0 radical (unpaired) electrons. The van der Waals surface area contributed by atoms with E-state index in [1.54, 1.807) is 0 Å². The lowest BCUT2D eigenvalue weighted by atomic mass is 10.2. The third-order valence-electron chi connectivity index (χ3n) is 5.36. The fraction of sp³-hybridized carbons (Fsp3) is 1.00. The maximum atomic E-state index is 3.02. The van der Waals surface area contributed by atoms with Gasteiger partial charge in [0, 0.05) is 0 Å². The molecular weight excluding hydrogens is 338 g/mol. The molecule has 0 bridgehead atoms. The minimum absolute atomic E-state index is 0.590. The summed E-state index contributed by atoms with van der Waals surface area (Å²) in [5, 5.41) is 0. The SMILES string of the molecule is CC(C)CN([Si](C)(C)N(C(C)C)C(C)C)[Si](C)(C)N(C(C)C)C(C)C. The normalized spacial score (nSPS) is 14.6. The molecule has 0 aromatic rings. The van der Waals surface area contributed by atoms with E-state index >= 15 is 0 Å². The molecule has 3 nitrogen and oxygen atoms in total.